The maximum atomic E-state index is 11.8. The smallest absolute Gasteiger partial charge is 0.150 e. The maximum absolute atomic E-state index is 11.8. The quantitative estimate of drug-likeness (QED) is 0.891. The molecular weight excluding hydrogens is 342 g/mol. The fraction of sp³-hybridized carbons (Fsp3) is 0.571. The third-order valence-electron chi connectivity index (χ3n) is 4.29. The van der Waals surface area contributed by atoms with Gasteiger partial charge >= 0.3 is 0 Å². The van der Waals surface area contributed by atoms with Crippen molar-refractivity contribution in [3.05, 3.63) is 27.7 Å². The lowest BCUT2D eigenvalue weighted by Crippen LogP contribution is -2.34. The molecule has 20 heavy (non-hydrogen) atoms. The van der Waals surface area contributed by atoms with Crippen LogP contribution in [0.25, 0.3) is 0 Å². The van der Waals surface area contributed by atoms with Crippen molar-refractivity contribution in [2.75, 3.05) is 24.7 Å². The van der Waals surface area contributed by atoms with Gasteiger partial charge in [0.2, 0.25) is 0 Å². The molecular formula is C14H18BrNO3S. The van der Waals surface area contributed by atoms with Crippen LogP contribution < -0.4 is 10.5 Å². The number of hydrogen-bond donors (Lipinski definition) is 1. The van der Waals surface area contributed by atoms with Gasteiger partial charge in [-0.3, -0.25) is 0 Å². The van der Waals surface area contributed by atoms with E-state index < -0.39 is 9.84 Å². The summed E-state index contributed by atoms with van der Waals surface area (Å²) in [6, 6.07) is 4.11. The summed E-state index contributed by atoms with van der Waals surface area (Å²) in [5.41, 5.74) is 7.84. The Hall–Kier alpha value is -0.590. The van der Waals surface area contributed by atoms with Gasteiger partial charge in [-0.2, -0.15) is 0 Å². The van der Waals surface area contributed by atoms with E-state index in [9.17, 15) is 8.42 Å². The van der Waals surface area contributed by atoms with Gasteiger partial charge in [0.1, 0.15) is 5.75 Å². The molecule has 1 unspecified atom stereocenters. The standard InChI is InChI=1S/C14H18BrNO3S/c15-12-5-10-1-3-19-13(10)11(6-12)7-14(8-16)2-4-20(17,18)9-14/h5-6H,1-4,7-9,16H2. The van der Waals surface area contributed by atoms with Gasteiger partial charge in [-0.1, -0.05) is 15.9 Å². The van der Waals surface area contributed by atoms with Gasteiger partial charge < -0.3 is 10.5 Å². The Balaban J connectivity index is 1.95. The van der Waals surface area contributed by atoms with E-state index in [1.165, 1.54) is 5.56 Å². The number of sulfone groups is 1. The van der Waals surface area contributed by atoms with Crippen LogP contribution in [0.4, 0.5) is 0 Å². The molecule has 0 amide bonds. The van der Waals surface area contributed by atoms with Crippen molar-refractivity contribution in [2.45, 2.75) is 19.3 Å². The molecule has 1 aromatic rings. The zero-order valence-electron chi connectivity index (χ0n) is 11.2. The molecule has 0 radical (unpaired) electrons. The van der Waals surface area contributed by atoms with Crippen molar-refractivity contribution < 1.29 is 13.2 Å². The predicted octanol–water partition coefficient (Wildman–Crippen LogP) is 1.69. The maximum Gasteiger partial charge on any atom is 0.150 e. The number of halogens is 1. The molecule has 0 spiro atoms. The molecule has 0 aromatic heterocycles. The third kappa shape index (κ3) is 2.61. The summed E-state index contributed by atoms with van der Waals surface area (Å²) in [7, 11) is -2.94. The summed E-state index contributed by atoms with van der Waals surface area (Å²) in [5.74, 6) is 1.38. The van der Waals surface area contributed by atoms with Crippen molar-refractivity contribution in [3.63, 3.8) is 0 Å². The molecule has 2 heterocycles. The van der Waals surface area contributed by atoms with Gasteiger partial charge in [0.15, 0.2) is 9.84 Å². The lowest BCUT2D eigenvalue weighted by atomic mass is 9.81. The Morgan fingerprint density at radius 2 is 2.20 bits per heavy atom. The topological polar surface area (TPSA) is 69.4 Å². The van der Waals surface area contributed by atoms with E-state index in [0.29, 0.717) is 26.0 Å². The Labute approximate surface area is 127 Å². The molecule has 2 aliphatic rings. The molecule has 1 aromatic carbocycles. The van der Waals surface area contributed by atoms with E-state index in [0.717, 1.165) is 22.2 Å². The Kier molecular flexibility index (Phi) is 3.59. The van der Waals surface area contributed by atoms with Crippen LogP contribution in [0.5, 0.6) is 5.75 Å². The summed E-state index contributed by atoms with van der Waals surface area (Å²) in [6.07, 6.45) is 2.23. The Morgan fingerprint density at radius 1 is 1.40 bits per heavy atom. The molecule has 6 heteroatoms. The number of hydrogen-bond acceptors (Lipinski definition) is 4. The van der Waals surface area contributed by atoms with E-state index in [4.69, 9.17) is 10.5 Å². The molecule has 0 bridgehead atoms. The SMILES string of the molecule is NCC1(Cc2cc(Br)cc3c2OCC3)CCS(=O)(=O)C1. The van der Waals surface area contributed by atoms with Crippen LogP contribution in [0.2, 0.25) is 0 Å². The van der Waals surface area contributed by atoms with Crippen LogP contribution in [-0.4, -0.2) is 33.1 Å². The highest BCUT2D eigenvalue weighted by Crippen LogP contribution is 2.40. The monoisotopic (exact) mass is 359 g/mol. The van der Waals surface area contributed by atoms with Crippen LogP contribution in [0.15, 0.2) is 16.6 Å². The molecule has 2 aliphatic heterocycles. The van der Waals surface area contributed by atoms with Crippen molar-refractivity contribution in [2.24, 2.45) is 11.1 Å². The molecule has 1 saturated heterocycles. The predicted molar refractivity (Wildman–Crippen MR) is 81.8 cm³/mol. The second kappa shape index (κ2) is 5.00. The van der Waals surface area contributed by atoms with Crippen molar-refractivity contribution >= 4 is 25.8 Å². The van der Waals surface area contributed by atoms with Gasteiger partial charge in [-0.05, 0) is 42.6 Å². The van der Waals surface area contributed by atoms with Crippen molar-refractivity contribution in [1.82, 2.24) is 0 Å². The van der Waals surface area contributed by atoms with Crippen LogP contribution >= 0.6 is 15.9 Å². The van der Waals surface area contributed by atoms with E-state index in [1.54, 1.807) is 0 Å². The van der Waals surface area contributed by atoms with Crippen molar-refractivity contribution in [1.29, 1.82) is 0 Å². The lowest BCUT2D eigenvalue weighted by molar-refractivity contribution is 0.323. The minimum atomic E-state index is -2.94. The molecule has 1 atom stereocenters. The second-order valence-electron chi connectivity index (χ2n) is 5.87. The molecule has 2 N–H and O–H groups in total. The first-order valence-electron chi connectivity index (χ1n) is 6.78. The molecule has 3 rings (SSSR count). The Morgan fingerprint density at radius 3 is 2.85 bits per heavy atom. The zero-order valence-corrected chi connectivity index (χ0v) is 13.6. The first-order chi connectivity index (χ1) is 9.43. The summed E-state index contributed by atoms with van der Waals surface area (Å²) < 4.78 is 30.3. The first-order valence-corrected chi connectivity index (χ1v) is 9.39. The third-order valence-corrected chi connectivity index (χ3v) is 6.63. The van der Waals surface area contributed by atoms with Gasteiger partial charge in [-0.15, -0.1) is 0 Å². The van der Waals surface area contributed by atoms with Crippen LogP contribution in [0.3, 0.4) is 0 Å². The van der Waals surface area contributed by atoms with E-state index in [2.05, 4.69) is 22.0 Å². The fourth-order valence-electron chi connectivity index (χ4n) is 3.24. The Bertz CT molecular complexity index is 644. The highest BCUT2D eigenvalue weighted by molar-refractivity contribution is 9.10. The number of nitrogens with two attached hydrogens (primary N) is 1. The minimum Gasteiger partial charge on any atom is -0.493 e. The summed E-state index contributed by atoms with van der Waals surface area (Å²) in [6.45, 7) is 1.10. The summed E-state index contributed by atoms with van der Waals surface area (Å²) in [5, 5.41) is 0. The molecule has 1 fully saturated rings. The zero-order chi connectivity index (χ0) is 14.4. The molecule has 110 valence electrons. The van der Waals surface area contributed by atoms with Crippen molar-refractivity contribution in [3.8, 4) is 5.75 Å². The lowest BCUT2D eigenvalue weighted by Gasteiger charge is -2.26. The number of rotatable bonds is 3. The van der Waals surface area contributed by atoms with Crippen LogP contribution in [0, 0.1) is 5.41 Å². The highest BCUT2D eigenvalue weighted by atomic mass is 79.9. The van der Waals surface area contributed by atoms with E-state index >= 15 is 0 Å². The minimum absolute atomic E-state index is 0.192. The molecule has 4 nitrogen and oxygen atoms in total. The number of fused-ring (bicyclic) bond motifs is 1. The first kappa shape index (κ1) is 14.4. The highest BCUT2D eigenvalue weighted by Gasteiger charge is 2.42. The van der Waals surface area contributed by atoms with Gasteiger partial charge in [0.05, 0.1) is 18.1 Å². The van der Waals surface area contributed by atoms with E-state index in [-0.39, 0.29) is 16.9 Å². The average molecular weight is 360 g/mol. The second-order valence-corrected chi connectivity index (χ2v) is 8.97. The fourth-order valence-corrected chi connectivity index (χ4v) is 5.98. The van der Waals surface area contributed by atoms with Gasteiger partial charge in [0.25, 0.3) is 0 Å². The summed E-state index contributed by atoms with van der Waals surface area (Å²) in [4.78, 5) is 0. The number of benzene rings is 1. The van der Waals surface area contributed by atoms with Crippen LogP contribution in [0.1, 0.15) is 17.5 Å². The van der Waals surface area contributed by atoms with Gasteiger partial charge in [0, 0.05) is 16.3 Å². The largest absolute Gasteiger partial charge is 0.493 e. The molecule has 0 aliphatic carbocycles. The van der Waals surface area contributed by atoms with E-state index in [1.807, 2.05) is 6.07 Å². The van der Waals surface area contributed by atoms with Gasteiger partial charge in [-0.25, -0.2) is 8.42 Å². The average Bonchev–Trinajstić information content (AvgIpc) is 2.94. The van der Waals surface area contributed by atoms with Crippen LogP contribution in [-0.2, 0) is 22.7 Å². The molecule has 0 saturated carbocycles. The summed E-state index contributed by atoms with van der Waals surface area (Å²) >= 11 is 3.52. The number of ether oxygens (including phenoxy) is 1. The normalized spacial score (nSPS) is 27.3.